The first-order valence-electron chi connectivity index (χ1n) is 13.5. The van der Waals surface area contributed by atoms with E-state index in [0.717, 1.165) is 49.0 Å². The number of ether oxygens (including phenoxy) is 2. The first kappa shape index (κ1) is 26.8. The Morgan fingerprint density at radius 2 is 1.87 bits per heavy atom. The zero-order valence-electron chi connectivity index (χ0n) is 22.2. The second kappa shape index (κ2) is 12.9. The molecule has 4 heterocycles. The Kier molecular flexibility index (Phi) is 8.85. The van der Waals surface area contributed by atoms with Crippen LogP contribution in [0.15, 0.2) is 53.2 Å². The fraction of sp³-hybridized carbons (Fsp3) is 0.448. The van der Waals surface area contributed by atoms with Gasteiger partial charge in [0, 0.05) is 49.7 Å². The third kappa shape index (κ3) is 7.21. The van der Waals surface area contributed by atoms with Gasteiger partial charge in [-0.25, -0.2) is 4.98 Å². The van der Waals surface area contributed by atoms with Crippen LogP contribution in [0.5, 0.6) is 5.88 Å². The van der Waals surface area contributed by atoms with Crippen LogP contribution in [-0.4, -0.2) is 71.8 Å². The van der Waals surface area contributed by atoms with Gasteiger partial charge in [0.05, 0.1) is 17.7 Å². The third-order valence-corrected chi connectivity index (χ3v) is 7.19. The Balaban J connectivity index is 1.10. The van der Waals surface area contributed by atoms with Crippen LogP contribution in [0.25, 0.3) is 11.3 Å². The molecule has 1 atom stereocenters. The molecular formula is C29H35N5O5. The molecule has 0 spiro atoms. The number of hydrogen-bond donors (Lipinski definition) is 2. The molecule has 39 heavy (non-hydrogen) atoms. The number of pyridine rings is 1. The van der Waals surface area contributed by atoms with E-state index in [0.29, 0.717) is 43.5 Å². The molecule has 0 saturated carbocycles. The number of nitrogens with one attached hydrogen (secondary N) is 2. The fourth-order valence-electron chi connectivity index (χ4n) is 5.03. The summed E-state index contributed by atoms with van der Waals surface area (Å²) in [6.45, 7) is 5.32. The Morgan fingerprint density at radius 1 is 1.05 bits per heavy atom. The molecule has 2 aliphatic rings. The van der Waals surface area contributed by atoms with Crippen molar-refractivity contribution in [2.45, 2.75) is 51.3 Å². The van der Waals surface area contributed by atoms with E-state index in [4.69, 9.17) is 14.0 Å². The predicted molar refractivity (Wildman–Crippen MR) is 144 cm³/mol. The molecule has 0 radical (unpaired) electrons. The van der Waals surface area contributed by atoms with Crippen LogP contribution < -0.4 is 15.4 Å². The van der Waals surface area contributed by atoms with Gasteiger partial charge in [-0.15, -0.1) is 0 Å². The number of aryl methyl sites for hydroxylation is 1. The van der Waals surface area contributed by atoms with Crippen LogP contribution in [0.3, 0.4) is 0 Å². The van der Waals surface area contributed by atoms with Gasteiger partial charge >= 0.3 is 0 Å². The lowest BCUT2D eigenvalue weighted by molar-refractivity contribution is -0.123. The summed E-state index contributed by atoms with van der Waals surface area (Å²) in [5.41, 5.74) is 3.01. The molecule has 2 saturated heterocycles. The Hall–Kier alpha value is -3.76. The minimum absolute atomic E-state index is 0.0222. The number of benzene rings is 1. The van der Waals surface area contributed by atoms with Gasteiger partial charge < -0.3 is 24.6 Å². The van der Waals surface area contributed by atoms with E-state index in [9.17, 15) is 9.59 Å². The largest absolute Gasteiger partial charge is 0.473 e. The van der Waals surface area contributed by atoms with Crippen molar-refractivity contribution >= 4 is 11.8 Å². The molecule has 2 N–H and O–H groups in total. The summed E-state index contributed by atoms with van der Waals surface area (Å²) < 4.78 is 16.6. The summed E-state index contributed by atoms with van der Waals surface area (Å²) in [6.07, 6.45) is 5.04. The van der Waals surface area contributed by atoms with E-state index in [-0.39, 0.29) is 30.5 Å². The van der Waals surface area contributed by atoms with E-state index >= 15 is 0 Å². The lowest BCUT2D eigenvalue weighted by Gasteiger charge is -2.33. The lowest BCUT2D eigenvalue weighted by atomic mass is 10.0. The van der Waals surface area contributed by atoms with Crippen LogP contribution in [0.2, 0.25) is 0 Å². The van der Waals surface area contributed by atoms with Crippen molar-refractivity contribution < 1.29 is 23.6 Å². The van der Waals surface area contributed by atoms with Gasteiger partial charge in [0.15, 0.2) is 0 Å². The van der Waals surface area contributed by atoms with E-state index in [2.05, 4.69) is 25.7 Å². The highest BCUT2D eigenvalue weighted by Gasteiger charge is 2.25. The monoisotopic (exact) mass is 533 g/mol. The fourth-order valence-corrected chi connectivity index (χ4v) is 5.03. The summed E-state index contributed by atoms with van der Waals surface area (Å²) in [4.78, 5) is 31.8. The van der Waals surface area contributed by atoms with Gasteiger partial charge in [-0.2, -0.15) is 0 Å². The molecule has 0 bridgehead atoms. The maximum absolute atomic E-state index is 12.9. The normalized spacial score (nSPS) is 18.4. The van der Waals surface area contributed by atoms with Crippen LogP contribution in [0.1, 0.15) is 47.4 Å². The predicted octanol–water partition coefficient (Wildman–Crippen LogP) is 3.11. The smallest absolute Gasteiger partial charge is 0.253 e. The van der Waals surface area contributed by atoms with Crippen molar-refractivity contribution in [2.75, 3.05) is 32.8 Å². The molecule has 2 amide bonds. The Morgan fingerprint density at radius 3 is 2.64 bits per heavy atom. The highest BCUT2D eigenvalue weighted by molar-refractivity contribution is 5.94. The first-order chi connectivity index (χ1) is 19.0. The van der Waals surface area contributed by atoms with Crippen molar-refractivity contribution in [3.05, 3.63) is 65.5 Å². The van der Waals surface area contributed by atoms with Crippen molar-refractivity contribution in [1.29, 1.82) is 0 Å². The van der Waals surface area contributed by atoms with Crippen molar-refractivity contribution in [1.82, 2.24) is 25.7 Å². The van der Waals surface area contributed by atoms with Crippen LogP contribution in [0.4, 0.5) is 0 Å². The summed E-state index contributed by atoms with van der Waals surface area (Å²) in [7, 11) is 0. The maximum Gasteiger partial charge on any atom is 0.253 e. The third-order valence-electron chi connectivity index (χ3n) is 7.19. The van der Waals surface area contributed by atoms with E-state index in [1.54, 1.807) is 12.1 Å². The molecule has 0 aliphatic carbocycles. The standard InChI is InChI=1S/C29H35N5O5/c1-20-25(28(33-39-20)21-6-3-2-4-7-21)19-38-27-10-9-22(16-30-27)29(36)32-24-8-5-13-34(17-24)18-26(35)31-23-11-14-37-15-12-23/h2-4,6-7,9-10,16,23-24H,5,8,11-15,17-19H2,1H3,(H,31,35)(H,32,36). The summed E-state index contributed by atoms with van der Waals surface area (Å²) in [5.74, 6) is 0.942. The lowest BCUT2D eigenvalue weighted by Crippen LogP contribution is -2.51. The number of piperidine rings is 1. The number of likely N-dealkylation sites (tertiary alicyclic amines) is 1. The molecule has 1 unspecified atom stereocenters. The van der Waals surface area contributed by atoms with Crippen molar-refractivity contribution in [3.8, 4) is 17.1 Å². The maximum atomic E-state index is 12.9. The van der Waals surface area contributed by atoms with Crippen molar-refractivity contribution in [2.24, 2.45) is 0 Å². The number of amides is 2. The first-order valence-corrected chi connectivity index (χ1v) is 13.5. The number of nitrogens with zero attached hydrogens (tertiary/aromatic N) is 3. The molecule has 2 aliphatic heterocycles. The number of rotatable bonds is 9. The van der Waals surface area contributed by atoms with Crippen molar-refractivity contribution in [3.63, 3.8) is 0 Å². The number of aromatic nitrogens is 2. The second-order valence-electron chi connectivity index (χ2n) is 10.1. The van der Waals surface area contributed by atoms with Gasteiger partial charge in [-0.05, 0) is 45.2 Å². The van der Waals surface area contributed by atoms with E-state index in [1.165, 1.54) is 6.20 Å². The highest BCUT2D eigenvalue weighted by Crippen LogP contribution is 2.26. The molecule has 1 aromatic carbocycles. The molecule has 2 aromatic heterocycles. The van der Waals surface area contributed by atoms with Gasteiger partial charge in [0.1, 0.15) is 18.1 Å². The second-order valence-corrected chi connectivity index (χ2v) is 10.1. The zero-order chi connectivity index (χ0) is 27.0. The van der Waals surface area contributed by atoms with E-state index in [1.807, 2.05) is 37.3 Å². The highest BCUT2D eigenvalue weighted by atomic mass is 16.5. The molecule has 2 fully saturated rings. The molecule has 3 aromatic rings. The zero-order valence-corrected chi connectivity index (χ0v) is 22.2. The molecule has 10 heteroatoms. The Labute approximate surface area is 228 Å². The summed E-state index contributed by atoms with van der Waals surface area (Å²) in [6, 6.07) is 13.4. The van der Waals surface area contributed by atoms with Gasteiger partial charge in [-0.1, -0.05) is 35.5 Å². The quantitative estimate of drug-likeness (QED) is 0.431. The Bertz CT molecular complexity index is 1240. The average Bonchev–Trinajstić information content (AvgIpc) is 3.33. The van der Waals surface area contributed by atoms with E-state index < -0.39 is 0 Å². The van der Waals surface area contributed by atoms with Crippen LogP contribution in [0, 0.1) is 6.92 Å². The number of carbonyl (C=O) groups is 2. The van der Waals surface area contributed by atoms with Crippen LogP contribution in [-0.2, 0) is 16.1 Å². The minimum atomic E-state index is -0.186. The SMILES string of the molecule is Cc1onc(-c2ccccc2)c1COc1ccc(C(=O)NC2CCCN(CC(=O)NC3CCOCC3)C2)cn1. The van der Waals surface area contributed by atoms with Gasteiger partial charge in [0.2, 0.25) is 11.8 Å². The molecule has 10 nitrogen and oxygen atoms in total. The summed E-state index contributed by atoms with van der Waals surface area (Å²) in [5, 5.41) is 10.4. The van der Waals surface area contributed by atoms with Gasteiger partial charge in [-0.3, -0.25) is 14.5 Å². The van der Waals surface area contributed by atoms with Gasteiger partial charge in [0.25, 0.3) is 5.91 Å². The summed E-state index contributed by atoms with van der Waals surface area (Å²) >= 11 is 0. The average molecular weight is 534 g/mol. The molecular weight excluding hydrogens is 498 g/mol. The number of carbonyl (C=O) groups excluding carboxylic acids is 2. The number of hydrogen-bond acceptors (Lipinski definition) is 8. The van der Waals surface area contributed by atoms with Crippen LogP contribution >= 0.6 is 0 Å². The molecule has 206 valence electrons. The molecule has 5 rings (SSSR count). The minimum Gasteiger partial charge on any atom is -0.473 e. The topological polar surface area (TPSA) is 119 Å².